The number of ether oxygens (including phenoxy) is 2. The van der Waals surface area contributed by atoms with Crippen LogP contribution in [0.2, 0.25) is 0 Å². The zero-order chi connectivity index (χ0) is 17.5. The van der Waals surface area contributed by atoms with Crippen molar-refractivity contribution in [1.29, 1.82) is 0 Å². The Morgan fingerprint density at radius 3 is 2.44 bits per heavy atom. The third-order valence-electron chi connectivity index (χ3n) is 4.84. The van der Waals surface area contributed by atoms with Crippen molar-refractivity contribution in [3.8, 4) is 11.5 Å². The maximum Gasteiger partial charge on any atom is 0.161 e. The third kappa shape index (κ3) is 4.97. The summed E-state index contributed by atoms with van der Waals surface area (Å²) in [5.41, 5.74) is 2.37. The summed E-state index contributed by atoms with van der Waals surface area (Å²) in [5, 5.41) is 9.25. The molecule has 0 radical (unpaired) electrons. The van der Waals surface area contributed by atoms with Crippen molar-refractivity contribution in [3.05, 3.63) is 59.7 Å². The van der Waals surface area contributed by atoms with Gasteiger partial charge in [0, 0.05) is 13.2 Å². The van der Waals surface area contributed by atoms with Crippen LogP contribution in [-0.4, -0.2) is 36.8 Å². The van der Waals surface area contributed by atoms with E-state index >= 15 is 0 Å². The van der Waals surface area contributed by atoms with Gasteiger partial charge in [-0.25, -0.2) is 0 Å². The van der Waals surface area contributed by atoms with Crippen LogP contribution in [0.25, 0.3) is 0 Å². The first-order valence-electron chi connectivity index (χ1n) is 8.95. The van der Waals surface area contributed by atoms with E-state index in [0.29, 0.717) is 19.1 Å². The van der Waals surface area contributed by atoms with Gasteiger partial charge in [-0.2, -0.15) is 0 Å². The molecule has 0 amide bonds. The summed E-state index contributed by atoms with van der Waals surface area (Å²) in [7, 11) is 1.68. The summed E-state index contributed by atoms with van der Waals surface area (Å²) >= 11 is 0. The average molecular weight is 341 g/mol. The number of aliphatic hydroxyl groups is 1. The lowest BCUT2D eigenvalue weighted by Crippen LogP contribution is -2.34. The van der Waals surface area contributed by atoms with Gasteiger partial charge in [-0.05, 0) is 55.1 Å². The van der Waals surface area contributed by atoms with E-state index in [4.69, 9.17) is 9.47 Å². The number of likely N-dealkylation sites (tertiary alicyclic amines) is 1. The molecule has 2 aromatic rings. The Labute approximate surface area is 150 Å². The zero-order valence-corrected chi connectivity index (χ0v) is 14.9. The molecule has 0 aliphatic carbocycles. The summed E-state index contributed by atoms with van der Waals surface area (Å²) < 4.78 is 11.4. The number of piperidine rings is 1. The van der Waals surface area contributed by atoms with E-state index in [1.54, 1.807) is 7.11 Å². The maximum atomic E-state index is 9.25. The second kappa shape index (κ2) is 8.88. The Morgan fingerprint density at radius 1 is 1.00 bits per heavy atom. The fourth-order valence-electron chi connectivity index (χ4n) is 3.25. The predicted molar refractivity (Wildman–Crippen MR) is 98.9 cm³/mol. The Hall–Kier alpha value is -2.04. The van der Waals surface area contributed by atoms with Gasteiger partial charge >= 0.3 is 0 Å². The van der Waals surface area contributed by atoms with E-state index in [1.165, 1.54) is 5.56 Å². The minimum atomic E-state index is 0.315. The van der Waals surface area contributed by atoms with E-state index in [2.05, 4.69) is 29.2 Å². The van der Waals surface area contributed by atoms with Gasteiger partial charge in [-0.3, -0.25) is 4.90 Å². The number of benzene rings is 2. The molecule has 0 atom stereocenters. The van der Waals surface area contributed by atoms with E-state index in [1.807, 2.05) is 24.3 Å². The minimum absolute atomic E-state index is 0.315. The normalized spacial score (nSPS) is 15.9. The van der Waals surface area contributed by atoms with Crippen molar-refractivity contribution >= 4 is 0 Å². The second-order valence-electron chi connectivity index (χ2n) is 6.66. The van der Waals surface area contributed by atoms with Gasteiger partial charge in [0.25, 0.3) is 0 Å². The average Bonchev–Trinajstić information content (AvgIpc) is 2.68. The molecule has 0 saturated carbocycles. The lowest BCUT2D eigenvalue weighted by Gasteiger charge is -2.31. The Morgan fingerprint density at radius 2 is 1.76 bits per heavy atom. The lowest BCUT2D eigenvalue weighted by atomic mass is 9.97. The molecule has 134 valence electrons. The first-order chi connectivity index (χ1) is 12.3. The summed E-state index contributed by atoms with van der Waals surface area (Å²) in [4.78, 5) is 2.44. The van der Waals surface area contributed by atoms with Gasteiger partial charge in [0.05, 0.1) is 7.11 Å². The molecule has 1 aliphatic heterocycles. The largest absolute Gasteiger partial charge is 0.493 e. The molecule has 0 unspecified atom stereocenters. The van der Waals surface area contributed by atoms with Crippen LogP contribution >= 0.6 is 0 Å². The summed E-state index contributed by atoms with van der Waals surface area (Å²) in [6, 6.07) is 16.3. The highest BCUT2D eigenvalue weighted by Gasteiger charge is 2.18. The fraction of sp³-hybridized carbons (Fsp3) is 0.429. The first kappa shape index (κ1) is 17.8. The molecule has 25 heavy (non-hydrogen) atoms. The van der Waals surface area contributed by atoms with Crippen molar-refractivity contribution in [2.75, 3.05) is 26.8 Å². The highest BCUT2D eigenvalue weighted by Crippen LogP contribution is 2.30. The van der Waals surface area contributed by atoms with Crippen molar-refractivity contribution in [3.63, 3.8) is 0 Å². The molecular weight excluding hydrogens is 314 g/mol. The fourth-order valence-corrected chi connectivity index (χ4v) is 3.25. The molecule has 4 heteroatoms. The topological polar surface area (TPSA) is 41.9 Å². The van der Waals surface area contributed by atoms with Crippen LogP contribution in [0.4, 0.5) is 0 Å². The molecular formula is C21H27NO3. The Bertz CT molecular complexity index is 651. The number of methoxy groups -OCH3 is 1. The van der Waals surface area contributed by atoms with Crippen LogP contribution in [-0.2, 0) is 13.2 Å². The van der Waals surface area contributed by atoms with Crippen molar-refractivity contribution < 1.29 is 14.6 Å². The highest BCUT2D eigenvalue weighted by atomic mass is 16.5. The maximum absolute atomic E-state index is 9.25. The smallest absolute Gasteiger partial charge is 0.161 e. The number of hydrogen-bond donors (Lipinski definition) is 1. The van der Waals surface area contributed by atoms with Crippen LogP contribution in [0.5, 0.6) is 11.5 Å². The van der Waals surface area contributed by atoms with Crippen LogP contribution in [0, 0.1) is 5.92 Å². The molecule has 2 aromatic carbocycles. The SMILES string of the molecule is COc1cc(CN2CCC(CO)CC2)ccc1OCc1ccccc1. The minimum Gasteiger partial charge on any atom is -0.493 e. The third-order valence-corrected chi connectivity index (χ3v) is 4.84. The number of aliphatic hydroxyl groups excluding tert-OH is 1. The van der Waals surface area contributed by atoms with Crippen LogP contribution in [0.15, 0.2) is 48.5 Å². The lowest BCUT2D eigenvalue weighted by molar-refractivity contribution is 0.127. The van der Waals surface area contributed by atoms with Gasteiger partial charge in [0.1, 0.15) is 6.61 Å². The summed E-state index contributed by atoms with van der Waals surface area (Å²) in [5.74, 6) is 2.02. The standard InChI is InChI=1S/C21H27NO3/c1-24-21-13-19(14-22-11-9-17(15-23)10-12-22)7-8-20(21)25-16-18-5-3-2-4-6-18/h2-8,13,17,23H,9-12,14-16H2,1H3. The highest BCUT2D eigenvalue weighted by molar-refractivity contribution is 5.43. The predicted octanol–water partition coefficient (Wildman–Crippen LogP) is 3.48. The van der Waals surface area contributed by atoms with Gasteiger partial charge in [0.15, 0.2) is 11.5 Å². The molecule has 1 N–H and O–H groups in total. The molecule has 1 fully saturated rings. The Kier molecular flexibility index (Phi) is 6.31. The molecule has 1 aliphatic rings. The van der Waals surface area contributed by atoms with Crippen molar-refractivity contribution in [2.45, 2.75) is 26.0 Å². The Balaban J connectivity index is 1.59. The molecule has 1 saturated heterocycles. The number of hydrogen-bond acceptors (Lipinski definition) is 4. The second-order valence-corrected chi connectivity index (χ2v) is 6.66. The summed E-state index contributed by atoms with van der Waals surface area (Å²) in [6.07, 6.45) is 2.15. The number of nitrogens with zero attached hydrogens (tertiary/aromatic N) is 1. The van der Waals surface area contributed by atoms with Gasteiger partial charge in [-0.15, -0.1) is 0 Å². The quantitative estimate of drug-likeness (QED) is 0.837. The van der Waals surface area contributed by atoms with E-state index in [0.717, 1.165) is 49.5 Å². The van der Waals surface area contributed by atoms with Gasteiger partial charge < -0.3 is 14.6 Å². The van der Waals surface area contributed by atoms with Gasteiger partial charge in [0.2, 0.25) is 0 Å². The zero-order valence-electron chi connectivity index (χ0n) is 14.9. The number of rotatable bonds is 7. The van der Waals surface area contributed by atoms with E-state index in [9.17, 15) is 5.11 Å². The molecule has 0 bridgehead atoms. The van der Waals surface area contributed by atoms with Crippen molar-refractivity contribution in [2.24, 2.45) is 5.92 Å². The van der Waals surface area contributed by atoms with E-state index < -0.39 is 0 Å². The van der Waals surface area contributed by atoms with Gasteiger partial charge in [-0.1, -0.05) is 36.4 Å². The van der Waals surface area contributed by atoms with E-state index in [-0.39, 0.29) is 0 Å². The van der Waals surface area contributed by atoms with Crippen molar-refractivity contribution in [1.82, 2.24) is 4.90 Å². The molecule has 1 heterocycles. The molecule has 0 spiro atoms. The molecule has 4 nitrogen and oxygen atoms in total. The summed E-state index contributed by atoms with van der Waals surface area (Å²) in [6.45, 7) is 3.84. The van der Waals surface area contributed by atoms with Crippen LogP contribution in [0.3, 0.4) is 0 Å². The monoisotopic (exact) mass is 341 g/mol. The van der Waals surface area contributed by atoms with Crippen LogP contribution < -0.4 is 9.47 Å². The first-order valence-corrected chi connectivity index (χ1v) is 8.95. The molecule has 3 rings (SSSR count). The molecule has 0 aromatic heterocycles. The van der Waals surface area contributed by atoms with Crippen LogP contribution in [0.1, 0.15) is 24.0 Å².